The molecule has 4 heteroatoms. The molecule has 2 aromatic carbocycles. The Morgan fingerprint density at radius 1 is 1.20 bits per heavy atom. The molecule has 30 heavy (non-hydrogen) atoms. The van der Waals surface area contributed by atoms with Crippen molar-refractivity contribution in [1.29, 1.82) is 0 Å². The van der Waals surface area contributed by atoms with E-state index in [0.29, 0.717) is 19.6 Å². The lowest BCUT2D eigenvalue weighted by Crippen LogP contribution is -2.68. The number of anilines is 1. The van der Waals surface area contributed by atoms with E-state index >= 15 is 0 Å². The number of nitrogens with zero attached hydrogens (tertiary/aromatic N) is 1. The molecule has 0 spiro atoms. The fraction of sp³-hybridized carbons (Fsp3) is 0.423. The van der Waals surface area contributed by atoms with Gasteiger partial charge in [0, 0.05) is 29.6 Å². The van der Waals surface area contributed by atoms with Gasteiger partial charge in [0.2, 0.25) is 5.91 Å². The Bertz CT molecular complexity index is 979. The van der Waals surface area contributed by atoms with Crippen molar-refractivity contribution in [3.05, 3.63) is 65.2 Å². The van der Waals surface area contributed by atoms with Crippen molar-refractivity contribution in [3.8, 4) is 5.75 Å². The SMILES string of the molecule is CCCCOc1ccccc1C=CC12NC(=O)CCN1c1ccc(C)cc1C2(C)C. The van der Waals surface area contributed by atoms with Crippen LogP contribution in [0.5, 0.6) is 5.75 Å². The summed E-state index contributed by atoms with van der Waals surface area (Å²) >= 11 is 0. The number of hydrogen-bond donors (Lipinski definition) is 1. The van der Waals surface area contributed by atoms with Gasteiger partial charge in [-0.15, -0.1) is 0 Å². The monoisotopic (exact) mass is 404 g/mol. The van der Waals surface area contributed by atoms with E-state index in [9.17, 15) is 4.79 Å². The molecule has 0 aromatic heterocycles. The highest BCUT2D eigenvalue weighted by Crippen LogP contribution is 2.52. The van der Waals surface area contributed by atoms with Gasteiger partial charge in [-0.05, 0) is 37.1 Å². The van der Waals surface area contributed by atoms with Gasteiger partial charge >= 0.3 is 0 Å². The van der Waals surface area contributed by atoms with Crippen LogP contribution in [0, 0.1) is 6.92 Å². The molecule has 1 amide bonds. The van der Waals surface area contributed by atoms with E-state index in [4.69, 9.17) is 4.74 Å². The van der Waals surface area contributed by atoms with Crippen molar-refractivity contribution >= 4 is 17.7 Å². The van der Waals surface area contributed by atoms with E-state index in [1.807, 2.05) is 18.2 Å². The zero-order valence-corrected chi connectivity index (χ0v) is 18.5. The largest absolute Gasteiger partial charge is 0.493 e. The number of amides is 1. The standard InChI is InChI=1S/C26H32N2O2/c1-5-6-17-30-23-10-8-7-9-20(23)13-15-26-25(3,4)21-18-19(2)11-12-22(21)28(26)16-14-24(29)27-26/h7-13,15,18H,5-6,14,16-17H2,1-4H3,(H,27,29). The Morgan fingerprint density at radius 3 is 2.80 bits per heavy atom. The predicted molar refractivity (Wildman–Crippen MR) is 123 cm³/mol. The number of fused-ring (bicyclic) bond motifs is 3. The maximum absolute atomic E-state index is 12.6. The summed E-state index contributed by atoms with van der Waals surface area (Å²) in [6.45, 7) is 10.2. The van der Waals surface area contributed by atoms with Gasteiger partial charge < -0.3 is 15.0 Å². The molecule has 0 bridgehead atoms. The lowest BCUT2D eigenvalue weighted by molar-refractivity contribution is -0.124. The maximum Gasteiger partial charge on any atom is 0.223 e. The normalized spacial score (nSPS) is 22.0. The molecule has 1 fully saturated rings. The first-order valence-corrected chi connectivity index (χ1v) is 11.0. The molecule has 1 unspecified atom stereocenters. The lowest BCUT2D eigenvalue weighted by Gasteiger charge is -2.49. The molecule has 2 aromatic rings. The number of aryl methyl sites for hydroxylation is 1. The smallest absolute Gasteiger partial charge is 0.223 e. The Labute approximate surface area is 179 Å². The van der Waals surface area contributed by atoms with Gasteiger partial charge in [0.1, 0.15) is 11.4 Å². The summed E-state index contributed by atoms with van der Waals surface area (Å²) in [4.78, 5) is 14.9. The minimum absolute atomic E-state index is 0.0981. The van der Waals surface area contributed by atoms with E-state index in [-0.39, 0.29) is 11.3 Å². The van der Waals surface area contributed by atoms with Crippen molar-refractivity contribution in [2.24, 2.45) is 0 Å². The second-order valence-corrected chi connectivity index (χ2v) is 8.93. The third-order valence-corrected chi connectivity index (χ3v) is 6.57. The number of hydrogen-bond acceptors (Lipinski definition) is 3. The van der Waals surface area contributed by atoms with Gasteiger partial charge in [0.05, 0.1) is 6.61 Å². The van der Waals surface area contributed by atoms with Gasteiger partial charge in [-0.1, -0.05) is 69.2 Å². The molecule has 1 atom stereocenters. The van der Waals surface area contributed by atoms with Crippen LogP contribution >= 0.6 is 0 Å². The third-order valence-electron chi connectivity index (χ3n) is 6.57. The second kappa shape index (κ2) is 7.82. The molecule has 0 aliphatic carbocycles. The van der Waals surface area contributed by atoms with Crippen LogP contribution in [0.15, 0.2) is 48.5 Å². The topological polar surface area (TPSA) is 41.6 Å². The first kappa shape index (κ1) is 20.5. The van der Waals surface area contributed by atoms with Crippen molar-refractivity contribution in [3.63, 3.8) is 0 Å². The van der Waals surface area contributed by atoms with Crippen LogP contribution in [0.2, 0.25) is 0 Å². The molecule has 0 saturated carbocycles. The number of unbranched alkanes of at least 4 members (excludes halogenated alkanes) is 1. The van der Waals surface area contributed by atoms with Crippen LogP contribution < -0.4 is 15.0 Å². The number of carbonyl (C=O) groups is 1. The van der Waals surface area contributed by atoms with Crippen LogP contribution in [0.4, 0.5) is 5.69 Å². The second-order valence-electron chi connectivity index (χ2n) is 8.93. The summed E-state index contributed by atoms with van der Waals surface area (Å²) in [5.41, 5.74) is 3.88. The summed E-state index contributed by atoms with van der Waals surface area (Å²) in [6.07, 6.45) is 6.93. The fourth-order valence-corrected chi connectivity index (χ4v) is 4.75. The minimum atomic E-state index is -0.602. The van der Waals surface area contributed by atoms with Gasteiger partial charge in [0.15, 0.2) is 0 Å². The Morgan fingerprint density at radius 2 is 2.00 bits per heavy atom. The van der Waals surface area contributed by atoms with Crippen LogP contribution in [0.25, 0.3) is 6.08 Å². The average molecular weight is 405 g/mol. The lowest BCUT2D eigenvalue weighted by atomic mass is 9.74. The predicted octanol–water partition coefficient (Wildman–Crippen LogP) is 5.20. The van der Waals surface area contributed by atoms with E-state index in [1.54, 1.807) is 0 Å². The van der Waals surface area contributed by atoms with Crippen molar-refractivity contribution < 1.29 is 9.53 Å². The molecule has 4 nitrogen and oxygen atoms in total. The third kappa shape index (κ3) is 3.28. The van der Waals surface area contributed by atoms with Crippen molar-refractivity contribution in [2.45, 2.75) is 58.0 Å². The summed E-state index contributed by atoms with van der Waals surface area (Å²) < 4.78 is 6.02. The van der Waals surface area contributed by atoms with E-state index in [1.165, 1.54) is 16.8 Å². The fourth-order valence-electron chi connectivity index (χ4n) is 4.75. The quantitative estimate of drug-likeness (QED) is 0.673. The van der Waals surface area contributed by atoms with Crippen LogP contribution in [0.3, 0.4) is 0 Å². The van der Waals surface area contributed by atoms with E-state index < -0.39 is 5.66 Å². The zero-order valence-electron chi connectivity index (χ0n) is 18.5. The number of nitrogens with one attached hydrogen (secondary N) is 1. The molecule has 0 radical (unpaired) electrons. The minimum Gasteiger partial charge on any atom is -0.493 e. The molecule has 1 saturated heterocycles. The van der Waals surface area contributed by atoms with Crippen LogP contribution in [-0.2, 0) is 10.2 Å². The van der Waals surface area contributed by atoms with Gasteiger partial charge in [0.25, 0.3) is 0 Å². The summed E-state index contributed by atoms with van der Waals surface area (Å²) in [5.74, 6) is 0.984. The van der Waals surface area contributed by atoms with E-state index in [0.717, 1.165) is 24.2 Å². The van der Waals surface area contributed by atoms with Crippen LogP contribution in [-0.4, -0.2) is 24.7 Å². The van der Waals surface area contributed by atoms with Crippen LogP contribution in [0.1, 0.15) is 56.7 Å². The van der Waals surface area contributed by atoms with E-state index in [2.05, 4.69) is 74.3 Å². The van der Waals surface area contributed by atoms with Gasteiger partial charge in [-0.3, -0.25) is 4.79 Å². The number of para-hydroxylation sites is 1. The number of rotatable bonds is 6. The number of carbonyl (C=O) groups excluding carboxylic acids is 1. The first-order chi connectivity index (χ1) is 14.4. The van der Waals surface area contributed by atoms with Gasteiger partial charge in [-0.25, -0.2) is 0 Å². The number of benzene rings is 2. The highest BCUT2D eigenvalue weighted by atomic mass is 16.5. The van der Waals surface area contributed by atoms with Crippen molar-refractivity contribution in [2.75, 3.05) is 18.1 Å². The summed E-state index contributed by atoms with van der Waals surface area (Å²) in [7, 11) is 0. The molecule has 2 aliphatic rings. The molecule has 2 aliphatic heterocycles. The molecule has 158 valence electrons. The molecule has 1 N–H and O–H groups in total. The highest BCUT2D eigenvalue weighted by Gasteiger charge is 2.57. The first-order valence-electron chi connectivity index (χ1n) is 11.0. The zero-order chi connectivity index (χ0) is 21.4. The Hall–Kier alpha value is -2.75. The molecule has 4 rings (SSSR count). The highest BCUT2D eigenvalue weighted by molar-refractivity contribution is 5.85. The van der Waals surface area contributed by atoms with Gasteiger partial charge in [-0.2, -0.15) is 0 Å². The average Bonchev–Trinajstić information content (AvgIpc) is 2.91. The Kier molecular flexibility index (Phi) is 5.35. The number of ether oxygens (including phenoxy) is 1. The molecular weight excluding hydrogens is 372 g/mol. The molecule has 2 heterocycles. The Balaban J connectivity index is 1.76. The summed E-state index contributed by atoms with van der Waals surface area (Å²) in [6, 6.07) is 14.7. The summed E-state index contributed by atoms with van der Waals surface area (Å²) in [5, 5.41) is 3.35. The maximum atomic E-state index is 12.6. The van der Waals surface area contributed by atoms with Crippen molar-refractivity contribution in [1.82, 2.24) is 5.32 Å². The molecular formula is C26H32N2O2.